The van der Waals surface area contributed by atoms with Crippen LogP contribution in [0, 0.1) is 13.8 Å². The maximum atomic E-state index is 5.65. The van der Waals surface area contributed by atoms with Crippen molar-refractivity contribution in [1.29, 1.82) is 0 Å². The first kappa shape index (κ1) is 13.6. The van der Waals surface area contributed by atoms with Crippen molar-refractivity contribution in [1.82, 2.24) is 4.98 Å². The fourth-order valence-corrected chi connectivity index (χ4v) is 2.56. The smallest absolute Gasteiger partial charge is 0.144 e. The van der Waals surface area contributed by atoms with E-state index in [1.807, 2.05) is 18.2 Å². The zero-order valence-corrected chi connectivity index (χ0v) is 12.4. The number of nitrogen functional groups attached to an aromatic ring is 1. The van der Waals surface area contributed by atoms with Gasteiger partial charge in [-0.1, -0.05) is 30.3 Å². The van der Waals surface area contributed by atoms with Crippen LogP contribution in [0.15, 0.2) is 48.5 Å². The van der Waals surface area contributed by atoms with Gasteiger partial charge in [-0.2, -0.15) is 0 Å². The van der Waals surface area contributed by atoms with E-state index < -0.39 is 0 Å². The van der Waals surface area contributed by atoms with Gasteiger partial charge in [-0.3, -0.25) is 0 Å². The van der Waals surface area contributed by atoms with Gasteiger partial charge >= 0.3 is 0 Å². The van der Waals surface area contributed by atoms with E-state index in [1.165, 1.54) is 16.7 Å². The number of hydrogen-bond donors (Lipinski definition) is 2. The van der Waals surface area contributed by atoms with Crippen LogP contribution in [0.5, 0.6) is 0 Å². The van der Waals surface area contributed by atoms with Gasteiger partial charge in [0.25, 0.3) is 0 Å². The predicted octanol–water partition coefficient (Wildman–Crippen LogP) is 3.73. The first-order chi connectivity index (χ1) is 10.2. The SMILES string of the molecule is Cc1cc2cc(Cc3ccccc3)c(NN)nc2cc1C. The molecule has 1 aromatic heterocycles. The second kappa shape index (κ2) is 5.54. The molecule has 0 amide bonds. The van der Waals surface area contributed by atoms with E-state index in [1.54, 1.807) is 0 Å². The van der Waals surface area contributed by atoms with E-state index in [0.717, 1.165) is 28.7 Å². The van der Waals surface area contributed by atoms with Gasteiger partial charge in [0.15, 0.2) is 0 Å². The van der Waals surface area contributed by atoms with E-state index in [9.17, 15) is 0 Å². The highest BCUT2D eigenvalue weighted by Crippen LogP contribution is 2.25. The van der Waals surface area contributed by atoms with Crippen LogP contribution < -0.4 is 11.3 Å². The summed E-state index contributed by atoms with van der Waals surface area (Å²) in [5.74, 6) is 6.40. The number of aromatic nitrogens is 1. The first-order valence-corrected chi connectivity index (χ1v) is 7.09. The molecule has 3 rings (SSSR count). The zero-order valence-electron chi connectivity index (χ0n) is 12.4. The molecule has 0 aliphatic rings. The lowest BCUT2D eigenvalue weighted by atomic mass is 10.0. The van der Waals surface area contributed by atoms with Crippen LogP contribution in [-0.2, 0) is 6.42 Å². The molecule has 0 unspecified atom stereocenters. The summed E-state index contributed by atoms with van der Waals surface area (Å²) in [6.45, 7) is 4.23. The lowest BCUT2D eigenvalue weighted by molar-refractivity contribution is 1.14. The van der Waals surface area contributed by atoms with Gasteiger partial charge in [0.2, 0.25) is 0 Å². The van der Waals surface area contributed by atoms with E-state index in [4.69, 9.17) is 5.84 Å². The van der Waals surface area contributed by atoms with Crippen molar-refractivity contribution in [3.63, 3.8) is 0 Å². The van der Waals surface area contributed by atoms with Gasteiger partial charge in [-0.15, -0.1) is 0 Å². The maximum absolute atomic E-state index is 5.65. The number of pyridine rings is 1. The van der Waals surface area contributed by atoms with Crippen molar-refractivity contribution < 1.29 is 0 Å². The quantitative estimate of drug-likeness (QED) is 0.566. The topological polar surface area (TPSA) is 50.9 Å². The maximum Gasteiger partial charge on any atom is 0.144 e. The Bertz CT molecular complexity index is 779. The summed E-state index contributed by atoms with van der Waals surface area (Å²) in [5.41, 5.74) is 8.59. The average molecular weight is 277 g/mol. The predicted molar refractivity (Wildman–Crippen MR) is 88.3 cm³/mol. The molecule has 0 radical (unpaired) electrons. The molecule has 0 saturated carbocycles. The normalized spacial score (nSPS) is 10.8. The van der Waals surface area contributed by atoms with E-state index in [2.05, 4.69) is 54.6 Å². The lowest BCUT2D eigenvalue weighted by Crippen LogP contribution is -2.11. The number of nitrogens with two attached hydrogens (primary N) is 1. The number of nitrogens with one attached hydrogen (secondary N) is 1. The van der Waals surface area contributed by atoms with E-state index >= 15 is 0 Å². The zero-order chi connectivity index (χ0) is 14.8. The third-order valence-corrected chi connectivity index (χ3v) is 3.88. The van der Waals surface area contributed by atoms with Crippen LogP contribution >= 0.6 is 0 Å². The van der Waals surface area contributed by atoms with Gasteiger partial charge in [0.05, 0.1) is 5.52 Å². The number of fused-ring (bicyclic) bond motifs is 1. The van der Waals surface area contributed by atoms with Gasteiger partial charge in [-0.05, 0) is 48.7 Å². The van der Waals surface area contributed by atoms with Gasteiger partial charge in [0.1, 0.15) is 5.82 Å². The Labute approximate surface area is 124 Å². The molecular formula is C18H19N3. The molecule has 1 heterocycles. The molecule has 106 valence electrons. The largest absolute Gasteiger partial charge is 0.308 e. The fraction of sp³-hybridized carbons (Fsp3) is 0.167. The van der Waals surface area contributed by atoms with Crippen LogP contribution in [0.4, 0.5) is 5.82 Å². The summed E-state index contributed by atoms with van der Waals surface area (Å²) in [7, 11) is 0. The Balaban J connectivity index is 2.10. The molecule has 3 nitrogen and oxygen atoms in total. The van der Waals surface area contributed by atoms with Crippen LogP contribution in [0.1, 0.15) is 22.3 Å². The lowest BCUT2D eigenvalue weighted by Gasteiger charge is -2.11. The molecule has 3 N–H and O–H groups in total. The minimum atomic E-state index is 0.745. The molecule has 0 spiro atoms. The molecule has 0 atom stereocenters. The standard InChI is InChI=1S/C18H19N3/c1-12-8-15-11-16(10-14-6-4-3-5-7-14)18(21-19)20-17(15)9-13(12)2/h3-9,11H,10,19H2,1-2H3,(H,20,21). The highest BCUT2D eigenvalue weighted by atomic mass is 15.2. The minimum absolute atomic E-state index is 0.745. The molecule has 21 heavy (non-hydrogen) atoms. The van der Waals surface area contributed by atoms with Crippen LogP contribution in [-0.4, -0.2) is 4.98 Å². The van der Waals surface area contributed by atoms with Crippen molar-refractivity contribution in [2.45, 2.75) is 20.3 Å². The molecule has 0 fully saturated rings. The van der Waals surface area contributed by atoms with Gasteiger partial charge in [-0.25, -0.2) is 10.8 Å². The molecule has 0 saturated heterocycles. The van der Waals surface area contributed by atoms with E-state index in [-0.39, 0.29) is 0 Å². The van der Waals surface area contributed by atoms with Crippen molar-refractivity contribution in [2.24, 2.45) is 5.84 Å². The highest BCUT2D eigenvalue weighted by Gasteiger charge is 2.08. The number of benzene rings is 2. The Morgan fingerprint density at radius 2 is 1.71 bits per heavy atom. The van der Waals surface area contributed by atoms with Crippen molar-refractivity contribution >= 4 is 16.7 Å². The number of rotatable bonds is 3. The van der Waals surface area contributed by atoms with Gasteiger partial charge in [0, 0.05) is 17.4 Å². The number of nitrogens with zero attached hydrogens (tertiary/aromatic N) is 1. The summed E-state index contributed by atoms with van der Waals surface area (Å²) >= 11 is 0. The Hall–Kier alpha value is -2.39. The molecule has 0 aliphatic carbocycles. The minimum Gasteiger partial charge on any atom is -0.308 e. The number of anilines is 1. The molecule has 3 aromatic rings. The first-order valence-electron chi connectivity index (χ1n) is 7.09. The van der Waals surface area contributed by atoms with Crippen molar-refractivity contribution in [2.75, 3.05) is 5.43 Å². The molecular weight excluding hydrogens is 258 g/mol. The number of hydrogen-bond acceptors (Lipinski definition) is 3. The summed E-state index contributed by atoms with van der Waals surface area (Å²) in [6, 6.07) is 16.8. The molecule has 0 bridgehead atoms. The third-order valence-electron chi connectivity index (χ3n) is 3.88. The summed E-state index contributed by atoms with van der Waals surface area (Å²) < 4.78 is 0. The number of aryl methyl sites for hydroxylation is 2. The van der Waals surface area contributed by atoms with Gasteiger partial charge < -0.3 is 5.43 Å². The second-order valence-corrected chi connectivity index (χ2v) is 5.43. The Kier molecular flexibility index (Phi) is 3.59. The second-order valence-electron chi connectivity index (χ2n) is 5.43. The van der Waals surface area contributed by atoms with Crippen LogP contribution in [0.3, 0.4) is 0 Å². The van der Waals surface area contributed by atoms with Crippen molar-refractivity contribution in [3.05, 3.63) is 70.8 Å². The van der Waals surface area contributed by atoms with Crippen LogP contribution in [0.25, 0.3) is 10.9 Å². The molecule has 2 aromatic carbocycles. The number of hydrazine groups is 1. The fourth-order valence-electron chi connectivity index (χ4n) is 2.56. The summed E-state index contributed by atoms with van der Waals surface area (Å²) in [5, 5.41) is 1.16. The van der Waals surface area contributed by atoms with Crippen LogP contribution in [0.2, 0.25) is 0 Å². The Morgan fingerprint density at radius 1 is 1.00 bits per heavy atom. The monoisotopic (exact) mass is 277 g/mol. The third kappa shape index (κ3) is 2.73. The summed E-state index contributed by atoms with van der Waals surface area (Å²) in [4.78, 5) is 4.66. The Morgan fingerprint density at radius 3 is 2.43 bits per heavy atom. The average Bonchev–Trinajstić information content (AvgIpc) is 2.49. The highest BCUT2D eigenvalue weighted by molar-refractivity contribution is 5.83. The summed E-state index contributed by atoms with van der Waals surface area (Å²) in [6.07, 6.45) is 0.816. The molecule has 3 heteroatoms. The van der Waals surface area contributed by atoms with Crippen molar-refractivity contribution in [3.8, 4) is 0 Å². The van der Waals surface area contributed by atoms with E-state index in [0.29, 0.717) is 0 Å². The molecule has 0 aliphatic heterocycles.